The molecule has 4 rings (SSSR count). The number of fused-ring (bicyclic) bond motifs is 1. The maximum atomic E-state index is 12.0. The Labute approximate surface area is 159 Å². The molecule has 6 heteroatoms. The van der Waals surface area contributed by atoms with E-state index in [0.29, 0.717) is 6.54 Å². The van der Waals surface area contributed by atoms with Gasteiger partial charge in [-0.2, -0.15) is 0 Å². The second-order valence-corrected chi connectivity index (χ2v) is 7.34. The summed E-state index contributed by atoms with van der Waals surface area (Å²) >= 11 is 0. The minimum atomic E-state index is 0.0247. The number of piperidine rings is 1. The van der Waals surface area contributed by atoms with Crippen LogP contribution in [0.25, 0.3) is 10.9 Å². The Morgan fingerprint density at radius 1 is 1.19 bits per heavy atom. The van der Waals surface area contributed by atoms with Crippen molar-refractivity contribution in [3.8, 4) is 5.75 Å². The van der Waals surface area contributed by atoms with E-state index in [9.17, 15) is 4.79 Å². The summed E-state index contributed by atoms with van der Waals surface area (Å²) in [5.41, 5.74) is 1.99. The molecule has 0 radical (unpaired) electrons. The average Bonchev–Trinajstić information content (AvgIpc) is 3.05. The van der Waals surface area contributed by atoms with Crippen molar-refractivity contribution in [2.24, 2.45) is 7.05 Å². The van der Waals surface area contributed by atoms with Crippen LogP contribution in [0.5, 0.6) is 5.75 Å². The van der Waals surface area contributed by atoms with E-state index in [-0.39, 0.29) is 11.7 Å². The summed E-state index contributed by atoms with van der Waals surface area (Å²) in [7, 11) is 2.06. The van der Waals surface area contributed by atoms with Crippen LogP contribution in [0.3, 0.4) is 0 Å². The number of likely N-dealkylation sites (tertiary alicyclic amines) is 1. The topological polar surface area (TPSA) is 52.3 Å². The minimum absolute atomic E-state index is 0.0247. The molecule has 2 aromatic heterocycles. The number of aromatic nitrogens is 3. The summed E-state index contributed by atoms with van der Waals surface area (Å²) in [6.45, 7) is 5.37. The van der Waals surface area contributed by atoms with Gasteiger partial charge in [0.05, 0.1) is 11.8 Å². The Balaban J connectivity index is 1.31. The molecule has 1 aliphatic rings. The molecule has 3 aromatic rings. The zero-order chi connectivity index (χ0) is 18.8. The third-order valence-corrected chi connectivity index (χ3v) is 5.39. The van der Waals surface area contributed by atoms with Gasteiger partial charge in [-0.05, 0) is 38.0 Å². The molecule has 0 saturated carbocycles. The largest absolute Gasteiger partial charge is 0.490 e. The first-order valence-corrected chi connectivity index (χ1v) is 9.56. The van der Waals surface area contributed by atoms with Crippen LogP contribution in [0, 0.1) is 6.92 Å². The quantitative estimate of drug-likeness (QED) is 0.696. The van der Waals surface area contributed by atoms with Gasteiger partial charge in [0.25, 0.3) is 5.56 Å². The first-order chi connectivity index (χ1) is 13.1. The third-order valence-electron chi connectivity index (χ3n) is 5.39. The molecule has 1 aromatic carbocycles. The van der Waals surface area contributed by atoms with Gasteiger partial charge in [0.1, 0.15) is 11.9 Å². The smallest absolute Gasteiger partial charge is 0.253 e. The van der Waals surface area contributed by atoms with Crippen molar-refractivity contribution in [2.45, 2.75) is 32.4 Å². The van der Waals surface area contributed by atoms with E-state index in [1.165, 1.54) is 10.9 Å². The highest BCUT2D eigenvalue weighted by atomic mass is 16.5. The van der Waals surface area contributed by atoms with Crippen LogP contribution in [-0.2, 0) is 13.6 Å². The monoisotopic (exact) mass is 366 g/mol. The molecular formula is C21H26N4O2. The highest BCUT2D eigenvalue weighted by Gasteiger charge is 2.21. The molecule has 0 amide bonds. The lowest BCUT2D eigenvalue weighted by Crippen LogP contribution is -2.40. The Morgan fingerprint density at radius 2 is 2.00 bits per heavy atom. The molecule has 0 N–H and O–H groups in total. The highest BCUT2D eigenvalue weighted by molar-refractivity contribution is 5.86. The lowest BCUT2D eigenvalue weighted by Gasteiger charge is -2.32. The van der Waals surface area contributed by atoms with Gasteiger partial charge in [-0.1, -0.05) is 6.07 Å². The Bertz CT molecular complexity index is 983. The van der Waals surface area contributed by atoms with Crippen molar-refractivity contribution in [1.29, 1.82) is 0 Å². The molecule has 142 valence electrons. The number of ether oxygens (including phenoxy) is 1. The van der Waals surface area contributed by atoms with Crippen LogP contribution in [-0.4, -0.2) is 44.8 Å². The molecule has 0 atom stereocenters. The van der Waals surface area contributed by atoms with E-state index in [1.807, 2.05) is 6.92 Å². The van der Waals surface area contributed by atoms with Crippen LogP contribution in [0.4, 0.5) is 0 Å². The molecule has 6 nitrogen and oxygen atoms in total. The predicted molar refractivity (Wildman–Crippen MR) is 106 cm³/mol. The first-order valence-electron chi connectivity index (χ1n) is 9.56. The van der Waals surface area contributed by atoms with Crippen LogP contribution < -0.4 is 10.3 Å². The molecule has 0 aliphatic carbocycles. The number of nitrogens with zero attached hydrogens (tertiary/aromatic N) is 4. The number of rotatable bonds is 5. The summed E-state index contributed by atoms with van der Waals surface area (Å²) in [5, 5.41) is 1.17. The SMILES string of the molecule is Cc1cc(=O)n(CCN2CCC(Oc3cccc4c3ccn4C)CC2)cn1. The summed E-state index contributed by atoms with van der Waals surface area (Å²) in [6, 6.07) is 9.94. The van der Waals surface area contributed by atoms with Crippen LogP contribution in [0.1, 0.15) is 18.5 Å². The van der Waals surface area contributed by atoms with Crippen molar-refractivity contribution >= 4 is 10.9 Å². The zero-order valence-corrected chi connectivity index (χ0v) is 16.0. The van der Waals surface area contributed by atoms with Crippen LogP contribution >= 0.6 is 0 Å². The molecule has 27 heavy (non-hydrogen) atoms. The van der Waals surface area contributed by atoms with E-state index >= 15 is 0 Å². The van der Waals surface area contributed by atoms with E-state index in [2.05, 4.69) is 52.0 Å². The van der Waals surface area contributed by atoms with E-state index in [4.69, 9.17) is 4.74 Å². The number of aryl methyl sites for hydroxylation is 2. The second-order valence-electron chi connectivity index (χ2n) is 7.34. The predicted octanol–water partition coefficient (Wildman–Crippen LogP) is 2.59. The lowest BCUT2D eigenvalue weighted by atomic mass is 10.1. The second kappa shape index (κ2) is 7.56. The number of benzene rings is 1. The zero-order valence-electron chi connectivity index (χ0n) is 16.0. The maximum absolute atomic E-state index is 12.0. The van der Waals surface area contributed by atoms with Gasteiger partial charge in [-0.3, -0.25) is 9.36 Å². The standard InChI is InChI=1S/C21H26N4O2/c1-16-14-21(26)25(15-22-16)13-12-24-10-6-17(7-11-24)27-20-5-3-4-19-18(20)8-9-23(19)2/h3-5,8-9,14-15,17H,6-7,10-13H2,1-2H3. The minimum Gasteiger partial charge on any atom is -0.490 e. The van der Waals surface area contributed by atoms with Crippen LogP contribution in [0.2, 0.25) is 0 Å². The van der Waals surface area contributed by atoms with Gasteiger partial charge >= 0.3 is 0 Å². The Hall–Kier alpha value is -2.60. The number of hydrogen-bond donors (Lipinski definition) is 0. The van der Waals surface area contributed by atoms with Gasteiger partial charge in [-0.25, -0.2) is 4.98 Å². The summed E-state index contributed by atoms with van der Waals surface area (Å²) in [5.74, 6) is 0.976. The van der Waals surface area contributed by atoms with E-state index < -0.39 is 0 Å². The lowest BCUT2D eigenvalue weighted by molar-refractivity contribution is 0.0995. The normalized spacial score (nSPS) is 16.1. The first kappa shape index (κ1) is 17.8. The van der Waals surface area contributed by atoms with Crippen molar-refractivity contribution in [2.75, 3.05) is 19.6 Å². The molecular weight excluding hydrogens is 340 g/mol. The van der Waals surface area contributed by atoms with Crippen molar-refractivity contribution in [3.63, 3.8) is 0 Å². The molecule has 0 spiro atoms. The van der Waals surface area contributed by atoms with Gasteiger partial charge in [0, 0.05) is 56.6 Å². The van der Waals surface area contributed by atoms with Crippen molar-refractivity contribution in [3.05, 3.63) is 58.9 Å². The van der Waals surface area contributed by atoms with E-state index in [1.54, 1.807) is 17.0 Å². The van der Waals surface area contributed by atoms with Gasteiger partial charge in [0.15, 0.2) is 0 Å². The summed E-state index contributed by atoms with van der Waals surface area (Å²) < 4.78 is 10.1. The van der Waals surface area contributed by atoms with Gasteiger partial charge in [-0.15, -0.1) is 0 Å². The molecule has 0 bridgehead atoms. The molecule has 0 unspecified atom stereocenters. The average molecular weight is 366 g/mol. The molecule has 3 heterocycles. The third kappa shape index (κ3) is 3.90. The fraction of sp³-hybridized carbons (Fsp3) is 0.429. The fourth-order valence-electron chi connectivity index (χ4n) is 3.74. The summed E-state index contributed by atoms with van der Waals surface area (Å²) in [4.78, 5) is 18.6. The van der Waals surface area contributed by atoms with Gasteiger partial charge < -0.3 is 14.2 Å². The van der Waals surface area contributed by atoms with Crippen LogP contribution in [0.15, 0.2) is 47.7 Å². The summed E-state index contributed by atoms with van der Waals surface area (Å²) in [6.07, 6.45) is 5.97. The highest BCUT2D eigenvalue weighted by Crippen LogP contribution is 2.28. The fourth-order valence-corrected chi connectivity index (χ4v) is 3.74. The molecule has 1 aliphatic heterocycles. The Morgan fingerprint density at radius 3 is 2.78 bits per heavy atom. The van der Waals surface area contributed by atoms with Gasteiger partial charge in [0.2, 0.25) is 0 Å². The van der Waals surface area contributed by atoms with Crippen molar-refractivity contribution in [1.82, 2.24) is 19.0 Å². The molecule has 1 fully saturated rings. The van der Waals surface area contributed by atoms with Crippen molar-refractivity contribution < 1.29 is 4.74 Å². The molecule has 1 saturated heterocycles. The number of hydrogen-bond acceptors (Lipinski definition) is 4. The Kier molecular flexibility index (Phi) is 4.99. The van der Waals surface area contributed by atoms with E-state index in [0.717, 1.165) is 43.9 Å². The maximum Gasteiger partial charge on any atom is 0.253 e.